The molecule has 0 radical (unpaired) electrons. The van der Waals surface area contributed by atoms with E-state index >= 15 is 0 Å². The van der Waals surface area contributed by atoms with Gasteiger partial charge in [0.15, 0.2) is 0 Å². The second-order valence-electron chi connectivity index (χ2n) is 3.74. The van der Waals surface area contributed by atoms with Crippen molar-refractivity contribution in [1.82, 2.24) is 0 Å². The van der Waals surface area contributed by atoms with Crippen LogP contribution in [0.4, 0.5) is 0 Å². The van der Waals surface area contributed by atoms with E-state index in [1.54, 1.807) is 6.92 Å². The summed E-state index contributed by atoms with van der Waals surface area (Å²) in [7, 11) is 0. The lowest BCUT2D eigenvalue weighted by atomic mass is 9.71. The van der Waals surface area contributed by atoms with Gasteiger partial charge in [-0.25, -0.2) is 4.79 Å². The first-order valence-electron chi connectivity index (χ1n) is 4.35. The molecule has 0 saturated heterocycles. The maximum atomic E-state index is 11.1. The van der Waals surface area contributed by atoms with E-state index in [-0.39, 0.29) is 10.6 Å². The first kappa shape index (κ1) is 11.8. The molecule has 0 fully saturated rings. The summed E-state index contributed by atoms with van der Waals surface area (Å²) < 4.78 is 0. The minimum absolute atomic E-state index is 0.0207. The summed E-state index contributed by atoms with van der Waals surface area (Å²) in [5.74, 6) is -2.84. The Morgan fingerprint density at radius 3 is 2.40 bits per heavy atom. The molecule has 0 amide bonds. The van der Waals surface area contributed by atoms with E-state index in [9.17, 15) is 9.59 Å². The van der Waals surface area contributed by atoms with Crippen molar-refractivity contribution in [2.24, 2.45) is 11.3 Å². The van der Waals surface area contributed by atoms with Crippen LogP contribution in [0.1, 0.15) is 13.8 Å². The number of carbonyl (C=O) groups is 2. The van der Waals surface area contributed by atoms with Crippen molar-refractivity contribution in [2.75, 3.05) is 0 Å². The molecule has 1 aliphatic carbocycles. The summed E-state index contributed by atoms with van der Waals surface area (Å²) >= 11 is 5.71. The lowest BCUT2D eigenvalue weighted by Gasteiger charge is -2.31. The van der Waals surface area contributed by atoms with Gasteiger partial charge in [0.1, 0.15) is 0 Å². The van der Waals surface area contributed by atoms with Gasteiger partial charge in [0.05, 0.1) is 5.41 Å². The molecule has 4 nitrogen and oxygen atoms in total. The molecule has 0 aromatic carbocycles. The van der Waals surface area contributed by atoms with Crippen molar-refractivity contribution < 1.29 is 19.8 Å². The number of allylic oxidation sites excluding steroid dienone is 2. The number of aliphatic carboxylic acids is 2. The van der Waals surface area contributed by atoms with Gasteiger partial charge >= 0.3 is 11.9 Å². The Kier molecular flexibility index (Phi) is 2.90. The fourth-order valence-corrected chi connectivity index (χ4v) is 1.89. The summed E-state index contributed by atoms with van der Waals surface area (Å²) in [6.07, 6.45) is 2.66. The van der Waals surface area contributed by atoms with Crippen LogP contribution in [0.25, 0.3) is 0 Å². The van der Waals surface area contributed by atoms with Crippen LogP contribution >= 0.6 is 11.6 Å². The van der Waals surface area contributed by atoms with Gasteiger partial charge in [-0.3, -0.25) is 4.79 Å². The monoisotopic (exact) mass is 230 g/mol. The van der Waals surface area contributed by atoms with Gasteiger partial charge in [0.25, 0.3) is 0 Å². The first-order valence-corrected chi connectivity index (χ1v) is 4.73. The topological polar surface area (TPSA) is 74.6 Å². The van der Waals surface area contributed by atoms with Crippen LogP contribution in [-0.4, -0.2) is 22.2 Å². The smallest absolute Gasteiger partial charge is 0.331 e. The third-order valence-electron chi connectivity index (χ3n) is 2.80. The van der Waals surface area contributed by atoms with Gasteiger partial charge in [-0.05, 0) is 19.1 Å². The summed E-state index contributed by atoms with van der Waals surface area (Å²) in [5.41, 5.74) is -1.24. The third-order valence-corrected chi connectivity index (χ3v) is 3.02. The molecule has 82 valence electrons. The Morgan fingerprint density at radius 1 is 1.47 bits per heavy atom. The van der Waals surface area contributed by atoms with Crippen LogP contribution in [0.5, 0.6) is 0 Å². The third kappa shape index (κ3) is 1.90. The zero-order valence-corrected chi connectivity index (χ0v) is 9.08. The molecule has 5 heteroatoms. The summed E-state index contributed by atoms with van der Waals surface area (Å²) in [6.45, 7) is 3.02. The van der Waals surface area contributed by atoms with E-state index in [4.69, 9.17) is 21.8 Å². The highest BCUT2D eigenvalue weighted by molar-refractivity contribution is 6.32. The molecule has 0 aliphatic heterocycles. The van der Waals surface area contributed by atoms with E-state index in [0.29, 0.717) is 0 Å². The normalized spacial score (nSPS) is 30.5. The summed E-state index contributed by atoms with van der Waals surface area (Å²) in [5, 5.41) is 18.1. The molecule has 0 aromatic heterocycles. The van der Waals surface area contributed by atoms with Crippen molar-refractivity contribution in [3.8, 4) is 0 Å². The van der Waals surface area contributed by atoms with E-state index in [2.05, 4.69) is 0 Å². The Labute approximate surface area is 91.9 Å². The fourth-order valence-electron chi connectivity index (χ4n) is 1.54. The number of rotatable bonds is 2. The number of halogens is 1. The quantitative estimate of drug-likeness (QED) is 0.759. The minimum atomic E-state index is -1.26. The van der Waals surface area contributed by atoms with Crippen LogP contribution in [0.2, 0.25) is 0 Å². The fraction of sp³-hybridized carbons (Fsp3) is 0.400. The van der Waals surface area contributed by atoms with Crippen molar-refractivity contribution in [3.63, 3.8) is 0 Å². The van der Waals surface area contributed by atoms with Crippen molar-refractivity contribution >= 4 is 23.5 Å². The summed E-state index contributed by atoms with van der Waals surface area (Å²) in [6, 6.07) is 0. The maximum absolute atomic E-state index is 11.1. The standard InChI is InChI=1S/C10H11ClO4/c1-5-7(8(12)13)3-6(11)4-10(5,2)9(14)15/h3-5H,1-2H3,(H,12,13)(H,14,15). The van der Waals surface area contributed by atoms with Gasteiger partial charge in [-0.1, -0.05) is 18.5 Å². The molecule has 0 spiro atoms. The van der Waals surface area contributed by atoms with Crippen LogP contribution in [0.3, 0.4) is 0 Å². The second kappa shape index (κ2) is 3.70. The average Bonchev–Trinajstić information content (AvgIpc) is 2.10. The van der Waals surface area contributed by atoms with Crippen molar-refractivity contribution in [2.45, 2.75) is 13.8 Å². The molecule has 2 atom stereocenters. The Balaban J connectivity index is 3.26. The SMILES string of the molecule is CC1C(C(=O)O)=CC(Cl)=CC1(C)C(=O)O. The van der Waals surface area contributed by atoms with Crippen LogP contribution in [0, 0.1) is 11.3 Å². The number of carboxylic acids is 2. The molecular weight excluding hydrogens is 220 g/mol. The minimum Gasteiger partial charge on any atom is -0.481 e. The van der Waals surface area contributed by atoms with Gasteiger partial charge in [0.2, 0.25) is 0 Å². The van der Waals surface area contributed by atoms with Gasteiger partial charge < -0.3 is 10.2 Å². The number of hydrogen-bond donors (Lipinski definition) is 2. The molecule has 0 bridgehead atoms. The zero-order valence-electron chi connectivity index (χ0n) is 8.32. The molecular formula is C10H11ClO4. The molecule has 2 N–H and O–H groups in total. The van der Waals surface area contributed by atoms with Crippen LogP contribution in [0.15, 0.2) is 22.8 Å². The highest BCUT2D eigenvalue weighted by atomic mass is 35.5. The largest absolute Gasteiger partial charge is 0.481 e. The van der Waals surface area contributed by atoms with Gasteiger partial charge in [0, 0.05) is 16.5 Å². The Bertz CT molecular complexity index is 383. The Hall–Kier alpha value is -1.29. The number of hydrogen-bond acceptors (Lipinski definition) is 2. The number of carboxylic acid groups (broad SMARTS) is 2. The molecule has 2 unspecified atom stereocenters. The van der Waals surface area contributed by atoms with E-state index in [1.165, 1.54) is 19.1 Å². The Morgan fingerprint density at radius 2 is 2.00 bits per heavy atom. The second-order valence-corrected chi connectivity index (χ2v) is 4.18. The maximum Gasteiger partial charge on any atom is 0.331 e. The predicted molar refractivity (Wildman–Crippen MR) is 54.6 cm³/mol. The first-order chi connectivity index (χ1) is 6.79. The van der Waals surface area contributed by atoms with Gasteiger partial charge in [-0.15, -0.1) is 0 Å². The zero-order chi connectivity index (χ0) is 11.8. The van der Waals surface area contributed by atoms with E-state index < -0.39 is 23.3 Å². The molecule has 0 heterocycles. The molecule has 15 heavy (non-hydrogen) atoms. The van der Waals surface area contributed by atoms with Crippen LogP contribution in [-0.2, 0) is 9.59 Å². The predicted octanol–water partition coefficient (Wildman–Crippen LogP) is 1.86. The molecule has 0 saturated carbocycles. The lowest BCUT2D eigenvalue weighted by molar-refractivity contribution is -0.147. The van der Waals surface area contributed by atoms with E-state index in [0.717, 1.165) is 0 Å². The molecule has 0 aromatic rings. The van der Waals surface area contributed by atoms with E-state index in [1.807, 2.05) is 0 Å². The highest BCUT2D eigenvalue weighted by Gasteiger charge is 2.43. The van der Waals surface area contributed by atoms with Crippen molar-refractivity contribution in [3.05, 3.63) is 22.8 Å². The summed E-state index contributed by atoms with van der Waals surface area (Å²) in [4.78, 5) is 22.0. The molecule has 1 aliphatic rings. The lowest BCUT2D eigenvalue weighted by Crippen LogP contribution is -2.37. The average molecular weight is 231 g/mol. The highest BCUT2D eigenvalue weighted by Crippen LogP contribution is 2.40. The van der Waals surface area contributed by atoms with Crippen LogP contribution < -0.4 is 0 Å². The molecule has 1 rings (SSSR count). The van der Waals surface area contributed by atoms with Crippen molar-refractivity contribution in [1.29, 1.82) is 0 Å². The van der Waals surface area contributed by atoms with Gasteiger partial charge in [-0.2, -0.15) is 0 Å².